The molecule has 684 valence electrons. The Bertz CT molecular complexity index is 1760. The van der Waals surface area contributed by atoms with E-state index in [0.717, 1.165) is 181 Å². The van der Waals surface area contributed by atoms with Crippen molar-refractivity contribution in [2.45, 2.75) is 543 Å². The van der Waals surface area contributed by atoms with E-state index in [0.29, 0.717) is 13.2 Å². The molecule has 0 amide bonds. The van der Waals surface area contributed by atoms with Crippen molar-refractivity contribution in [3.8, 4) is 0 Å². The van der Waals surface area contributed by atoms with E-state index in [1.807, 2.05) is 0 Å². The quantitative estimate of drug-likeness (QED) is 0.0260. The molecule has 0 fully saturated rings. The Labute approximate surface area is 715 Å². The van der Waals surface area contributed by atoms with Gasteiger partial charge >= 0.3 is 11.9 Å². The van der Waals surface area contributed by atoms with E-state index in [-0.39, 0.29) is 49.6 Å². The Hall–Kier alpha value is -0.946. The topological polar surface area (TPSA) is 136 Å². The molecule has 4 atom stereocenters. The van der Waals surface area contributed by atoms with Crippen molar-refractivity contribution in [3.63, 3.8) is 0 Å². The van der Waals surface area contributed by atoms with E-state index in [2.05, 4.69) is 91.4 Å². The number of nitrogens with zero attached hydrogens (tertiary/aromatic N) is 2. The lowest BCUT2D eigenvalue weighted by Crippen LogP contribution is -2.37. The molecule has 2 N–H and O–H groups in total. The molecule has 0 radical (unpaired) electrons. The van der Waals surface area contributed by atoms with Gasteiger partial charge in [0.15, 0.2) is 16.6 Å². The first-order valence-electron chi connectivity index (χ1n) is 51.2. The number of ether oxygens (including phenoxy) is 4. The molecule has 0 rings (SSSR count). The lowest BCUT2D eigenvalue weighted by atomic mass is 9.94. The van der Waals surface area contributed by atoms with Gasteiger partial charge in [-0.3, -0.25) is 9.59 Å². The van der Waals surface area contributed by atoms with Crippen LogP contribution in [0.15, 0.2) is 0 Å². The zero-order valence-electron chi connectivity index (χ0n) is 79.3. The second-order valence-electron chi connectivity index (χ2n) is 36.5. The van der Waals surface area contributed by atoms with Crippen LogP contribution < -0.4 is 0 Å². The van der Waals surface area contributed by atoms with Gasteiger partial charge in [-0.15, -0.1) is 0 Å². The minimum atomic E-state index is -1.73. The molecule has 0 aromatic rings. The maximum Gasteiger partial charge on any atom is 0.308 e. The molecule has 114 heavy (non-hydrogen) atoms. The van der Waals surface area contributed by atoms with Crippen LogP contribution in [-0.2, 0) is 37.4 Å². The van der Waals surface area contributed by atoms with E-state index in [1.54, 1.807) is 0 Å². The van der Waals surface area contributed by atoms with Crippen LogP contribution in [0.3, 0.4) is 0 Å². The first-order valence-corrected chi connectivity index (χ1v) is 57.5. The summed E-state index contributed by atoms with van der Waals surface area (Å²) < 4.78 is 38.2. The number of carbonyl (C=O) groups is 2. The smallest absolute Gasteiger partial charge is 0.308 e. The van der Waals surface area contributed by atoms with Gasteiger partial charge in [0.1, 0.15) is 12.6 Å². The molecule has 14 heteroatoms. The van der Waals surface area contributed by atoms with Gasteiger partial charge < -0.3 is 47.8 Å². The number of rotatable bonds is 94. The third-order valence-corrected chi connectivity index (χ3v) is 28.8. The summed E-state index contributed by atoms with van der Waals surface area (Å²) in [7, 11) is -3.46. The second kappa shape index (κ2) is 91.3. The van der Waals surface area contributed by atoms with Crippen molar-refractivity contribution in [2.24, 2.45) is 11.8 Å². The van der Waals surface area contributed by atoms with Gasteiger partial charge in [0, 0.05) is 26.4 Å². The van der Waals surface area contributed by atoms with Crippen LogP contribution in [-0.4, -0.2) is 140 Å². The molecule has 0 saturated heterocycles. The number of hydrogen-bond donors (Lipinski definition) is 2. The zero-order chi connectivity index (χ0) is 83.8. The van der Waals surface area contributed by atoms with Gasteiger partial charge in [-0.2, -0.15) is 0 Å². The fourth-order valence-corrected chi connectivity index (χ4v) is 20.4. The van der Waals surface area contributed by atoms with Crippen LogP contribution in [0.2, 0.25) is 38.3 Å². The van der Waals surface area contributed by atoms with E-state index in [1.165, 1.54) is 320 Å². The first kappa shape index (κ1) is 115. The minimum absolute atomic E-state index is 0.0189. The third-order valence-electron chi connectivity index (χ3n) is 23.9. The van der Waals surface area contributed by atoms with Crippen molar-refractivity contribution in [1.82, 2.24) is 9.80 Å². The van der Waals surface area contributed by atoms with Crippen molar-refractivity contribution < 1.29 is 47.6 Å². The maximum absolute atomic E-state index is 13.0. The largest absolute Gasteiger partial charge is 0.465 e. The third kappa shape index (κ3) is 83.3. The minimum Gasteiger partial charge on any atom is -0.465 e. The molecule has 0 saturated carbocycles. The lowest BCUT2D eigenvalue weighted by molar-refractivity contribution is -0.150. The second-order valence-corrected chi connectivity index (χ2v) is 45.0. The number of aliphatic hydroxyl groups excluding tert-OH is 2. The van der Waals surface area contributed by atoms with Crippen LogP contribution in [0.25, 0.3) is 0 Å². The van der Waals surface area contributed by atoms with Gasteiger partial charge in [-0.05, 0) is 206 Å². The summed E-state index contributed by atoms with van der Waals surface area (Å²) in [6.07, 6.45) is 82.7. The van der Waals surface area contributed by atoms with Gasteiger partial charge in [0.05, 0.1) is 25.0 Å². The molecule has 0 aliphatic carbocycles. The Morgan fingerprint density at radius 1 is 0.246 bits per heavy atom. The lowest BCUT2D eigenvalue weighted by Gasteiger charge is -2.30. The number of esters is 2. The number of hydrogen-bond acceptors (Lipinski definition) is 12. The average Bonchev–Trinajstić information content (AvgIpc) is 0.901. The molecule has 0 bridgehead atoms. The zero-order valence-corrected chi connectivity index (χ0v) is 81.3. The molecular formula is C100H206N2O10Si2. The summed E-state index contributed by atoms with van der Waals surface area (Å²) in [5.74, 6) is 0.333. The van der Waals surface area contributed by atoms with Crippen molar-refractivity contribution in [1.29, 1.82) is 0 Å². The number of carbonyl (C=O) groups excluding carboxylic acids is 2. The average molecular weight is 1650 g/mol. The highest BCUT2D eigenvalue weighted by Gasteiger charge is 2.29. The maximum atomic E-state index is 13.0. The van der Waals surface area contributed by atoms with Gasteiger partial charge in [0.2, 0.25) is 0 Å². The highest BCUT2D eigenvalue weighted by atomic mass is 28.4. The first-order chi connectivity index (χ1) is 55.7. The van der Waals surface area contributed by atoms with Crippen molar-refractivity contribution in [2.75, 3.05) is 78.9 Å². The van der Waals surface area contributed by atoms with E-state index in [9.17, 15) is 19.8 Å². The van der Waals surface area contributed by atoms with Crippen LogP contribution in [0.4, 0.5) is 0 Å². The molecule has 0 aliphatic heterocycles. The summed E-state index contributed by atoms with van der Waals surface area (Å²) in [6.45, 7) is 37.8. The predicted octanol–water partition coefficient (Wildman–Crippen LogP) is 30.7. The number of aliphatic hydroxyl groups is 2. The molecule has 0 spiro atoms. The summed E-state index contributed by atoms with van der Waals surface area (Å²) in [5.41, 5.74) is 0. The molecule has 0 aromatic carbocycles. The van der Waals surface area contributed by atoms with Gasteiger partial charge in [-0.1, -0.05) is 364 Å². The molecule has 0 aromatic heterocycles. The van der Waals surface area contributed by atoms with Gasteiger partial charge in [0.25, 0.3) is 0 Å². The van der Waals surface area contributed by atoms with Gasteiger partial charge in [-0.25, -0.2) is 0 Å². The monoisotopic (exact) mass is 1650 g/mol. The van der Waals surface area contributed by atoms with Crippen LogP contribution >= 0.6 is 0 Å². The summed E-state index contributed by atoms with van der Waals surface area (Å²) in [4.78, 5) is 31.3. The van der Waals surface area contributed by atoms with Crippen molar-refractivity contribution in [3.05, 3.63) is 0 Å². The molecule has 0 aliphatic rings. The van der Waals surface area contributed by atoms with Crippen molar-refractivity contribution >= 4 is 28.6 Å². The Morgan fingerprint density at radius 3 is 0.711 bits per heavy atom. The molecular weight excluding hydrogens is 1450 g/mol. The highest BCUT2D eigenvalue weighted by Crippen LogP contribution is 2.28. The number of unbranched alkanes of at least 4 members (excludes halogenated alkanes) is 48. The fourth-order valence-electron chi connectivity index (χ4n) is 16.2. The normalized spacial score (nSPS) is 13.1. The summed E-state index contributed by atoms with van der Waals surface area (Å²) in [5, 5.41) is 18.8. The fraction of sp³-hybridized carbons (Fsp3) is 0.980. The molecule has 0 heterocycles. The Kier molecular flexibility index (Phi) is 92.1. The molecule has 4 unspecified atom stereocenters. The predicted molar refractivity (Wildman–Crippen MR) is 502 cm³/mol. The summed E-state index contributed by atoms with van der Waals surface area (Å²) in [6, 6.07) is 2.50. The van der Waals surface area contributed by atoms with Crippen LogP contribution in [0, 0.1) is 11.8 Å². The Balaban J connectivity index is 0. The van der Waals surface area contributed by atoms with E-state index >= 15 is 0 Å². The standard InChI is InChI=1S/2C50H103NO5Si/c2*1-7-11-15-19-22-29-39-48(38-28-18-14-10-4)50(53)55-46-36-26-24-32-42-51(43-33-34-44-52)41-31-23-25-35-45-54-49(40-30-21-17-13-9-3)56-57(5,6)47-37-27-20-16-12-8-2/h2*48-49,52H,7-47H2,1-6H3. The van der Waals surface area contributed by atoms with Crippen LogP contribution in [0.1, 0.15) is 492 Å². The highest BCUT2D eigenvalue weighted by molar-refractivity contribution is 6.71. The molecule has 12 nitrogen and oxygen atoms in total. The van der Waals surface area contributed by atoms with E-state index < -0.39 is 16.6 Å². The summed E-state index contributed by atoms with van der Waals surface area (Å²) >= 11 is 0. The van der Waals surface area contributed by atoms with Crippen LogP contribution in [0.5, 0.6) is 0 Å². The van der Waals surface area contributed by atoms with E-state index in [4.69, 9.17) is 27.8 Å². The SMILES string of the molecule is CCCCCCCCC(CCCCCC)C(=O)OCCCCCCN(CCCCO)CCCCCCOC(CCCCCCC)O[Si](C)(C)CCCCCCCC.CCCCCCCCC(CCCCCC)C(=O)OCCCCCCN(CCCCO)CCCCCCOC(CCCCCCC)O[Si](C)(C)CCCCCCCC. The Morgan fingerprint density at radius 2 is 0.447 bits per heavy atom.